The van der Waals surface area contributed by atoms with E-state index in [1.807, 2.05) is 43.3 Å². The lowest BCUT2D eigenvalue weighted by molar-refractivity contribution is 0.0957. The summed E-state index contributed by atoms with van der Waals surface area (Å²) in [7, 11) is -2.23. The van der Waals surface area contributed by atoms with Gasteiger partial charge in [0.25, 0.3) is 0 Å². The number of nitrogens with zero attached hydrogens (tertiary/aromatic N) is 1. The van der Waals surface area contributed by atoms with Gasteiger partial charge in [-0.25, -0.2) is 8.42 Å². The maximum Gasteiger partial charge on any atom is 0.243 e. The number of rotatable bonds is 3. The molecule has 1 aliphatic carbocycles. The normalized spacial score (nSPS) is 20.6. The van der Waals surface area contributed by atoms with Gasteiger partial charge in [-0.2, -0.15) is 4.31 Å². The molecular weight excluding hydrogens is 422 g/mol. The van der Waals surface area contributed by atoms with Gasteiger partial charge in [0.2, 0.25) is 10.0 Å². The van der Waals surface area contributed by atoms with Crippen LogP contribution in [-0.4, -0.2) is 38.2 Å². The molecule has 164 valence electrons. The monoisotopic (exact) mass is 447 g/mol. The first kappa shape index (κ1) is 20.9. The van der Waals surface area contributed by atoms with Gasteiger partial charge in [-0.15, -0.1) is 0 Å². The molecule has 0 aromatic heterocycles. The van der Waals surface area contributed by atoms with Crippen LogP contribution in [-0.2, 0) is 16.4 Å². The molecule has 1 heterocycles. The Morgan fingerprint density at radius 3 is 2.47 bits per heavy atom. The fraction of sp³-hybridized carbons (Fsp3) is 0.269. The van der Waals surface area contributed by atoms with Crippen LogP contribution in [0.2, 0.25) is 0 Å². The van der Waals surface area contributed by atoms with Crippen molar-refractivity contribution < 1.29 is 17.9 Å². The molecule has 0 saturated carbocycles. The Labute approximate surface area is 188 Å². The van der Waals surface area contributed by atoms with Crippen LogP contribution >= 0.6 is 0 Å². The molecule has 0 radical (unpaired) electrons. The summed E-state index contributed by atoms with van der Waals surface area (Å²) in [4.78, 5) is 13.5. The molecule has 5 nitrogen and oxygen atoms in total. The lowest BCUT2D eigenvalue weighted by atomic mass is 9.74. The molecule has 2 atom stereocenters. The summed E-state index contributed by atoms with van der Waals surface area (Å²) in [6.07, 6.45) is 1.40. The van der Waals surface area contributed by atoms with Crippen LogP contribution in [0.15, 0.2) is 71.6 Å². The fourth-order valence-corrected chi connectivity index (χ4v) is 6.68. The number of hydrogen-bond acceptors (Lipinski definition) is 4. The third-order valence-electron chi connectivity index (χ3n) is 6.68. The number of ether oxygens (including phenoxy) is 1. The van der Waals surface area contributed by atoms with E-state index in [4.69, 9.17) is 4.74 Å². The zero-order chi connectivity index (χ0) is 22.5. The number of aryl methyl sites for hydroxylation is 2. The number of sulfonamides is 1. The van der Waals surface area contributed by atoms with Crippen LogP contribution in [0.4, 0.5) is 0 Å². The minimum Gasteiger partial charge on any atom is -0.497 e. The molecule has 0 spiro atoms. The number of carbonyl (C=O) groups excluding carboxylic acids is 1. The second-order valence-electron chi connectivity index (χ2n) is 8.52. The summed E-state index contributed by atoms with van der Waals surface area (Å²) in [5.74, 6) is 0.317. The van der Waals surface area contributed by atoms with Crippen molar-refractivity contribution in [3.8, 4) is 5.75 Å². The Bertz CT molecular complexity index is 1300. The van der Waals surface area contributed by atoms with Gasteiger partial charge in [0.15, 0.2) is 5.78 Å². The second-order valence-corrected chi connectivity index (χ2v) is 10.4. The van der Waals surface area contributed by atoms with Gasteiger partial charge in [0.1, 0.15) is 5.75 Å². The quantitative estimate of drug-likeness (QED) is 0.599. The molecule has 3 aromatic rings. The maximum absolute atomic E-state index is 13.8. The van der Waals surface area contributed by atoms with Crippen LogP contribution in [0.25, 0.3) is 0 Å². The van der Waals surface area contributed by atoms with Crippen molar-refractivity contribution in [2.45, 2.75) is 36.6 Å². The van der Waals surface area contributed by atoms with E-state index < -0.39 is 10.0 Å². The Kier molecular flexibility index (Phi) is 5.14. The van der Waals surface area contributed by atoms with Gasteiger partial charge in [0.05, 0.1) is 18.6 Å². The van der Waals surface area contributed by atoms with Gasteiger partial charge < -0.3 is 4.74 Å². The topological polar surface area (TPSA) is 63.7 Å². The Balaban J connectivity index is 1.71. The van der Waals surface area contributed by atoms with Crippen LogP contribution in [0.1, 0.15) is 45.0 Å². The molecule has 0 bridgehead atoms. The van der Waals surface area contributed by atoms with Crippen molar-refractivity contribution in [2.75, 3.05) is 13.7 Å². The lowest BCUT2D eigenvalue weighted by Gasteiger charge is -2.39. The fourth-order valence-electron chi connectivity index (χ4n) is 5.05. The SMILES string of the molecule is COc1ccc2c(c1)[C@H]1c3ccccc3C(=O)CN(S(=O)(=O)c3ccc(C)cc3)[C@@H]1CC2. The molecule has 5 rings (SSSR count). The van der Waals surface area contributed by atoms with Crippen molar-refractivity contribution in [3.63, 3.8) is 0 Å². The van der Waals surface area contributed by atoms with E-state index in [1.165, 1.54) is 9.87 Å². The van der Waals surface area contributed by atoms with Crippen molar-refractivity contribution in [1.82, 2.24) is 4.31 Å². The Hall–Kier alpha value is -2.96. The molecule has 6 heteroatoms. The number of ketones is 1. The minimum atomic E-state index is -3.86. The summed E-state index contributed by atoms with van der Waals surface area (Å²) in [5, 5.41) is 0. The Morgan fingerprint density at radius 1 is 0.969 bits per heavy atom. The molecular formula is C26H25NO4S. The molecule has 1 aliphatic heterocycles. The number of hydrogen-bond donors (Lipinski definition) is 0. The third kappa shape index (κ3) is 3.34. The van der Waals surface area contributed by atoms with Crippen molar-refractivity contribution in [1.29, 1.82) is 0 Å². The zero-order valence-corrected chi connectivity index (χ0v) is 18.9. The molecule has 32 heavy (non-hydrogen) atoms. The van der Waals surface area contributed by atoms with E-state index in [1.54, 1.807) is 31.4 Å². The van der Waals surface area contributed by atoms with E-state index in [9.17, 15) is 13.2 Å². The molecule has 0 fully saturated rings. The van der Waals surface area contributed by atoms with Gasteiger partial charge >= 0.3 is 0 Å². The number of Topliss-reactive ketones (excluding diaryl/α,β-unsaturated/α-hetero) is 1. The highest BCUT2D eigenvalue weighted by Gasteiger charge is 2.44. The first-order valence-electron chi connectivity index (χ1n) is 10.8. The summed E-state index contributed by atoms with van der Waals surface area (Å²) in [6, 6.07) is 20.0. The summed E-state index contributed by atoms with van der Waals surface area (Å²) >= 11 is 0. The first-order chi connectivity index (χ1) is 15.4. The van der Waals surface area contributed by atoms with Crippen LogP contribution in [0, 0.1) is 6.92 Å². The minimum absolute atomic E-state index is 0.159. The molecule has 0 N–H and O–H groups in total. The summed E-state index contributed by atoms with van der Waals surface area (Å²) < 4.78 is 34.5. The smallest absolute Gasteiger partial charge is 0.243 e. The third-order valence-corrected chi connectivity index (χ3v) is 8.56. The highest BCUT2D eigenvalue weighted by molar-refractivity contribution is 7.89. The van der Waals surface area contributed by atoms with Gasteiger partial charge in [-0.1, -0.05) is 48.0 Å². The van der Waals surface area contributed by atoms with Gasteiger partial charge in [-0.3, -0.25) is 4.79 Å². The van der Waals surface area contributed by atoms with Crippen LogP contribution in [0.5, 0.6) is 5.75 Å². The maximum atomic E-state index is 13.8. The average Bonchev–Trinajstić information content (AvgIpc) is 2.94. The van der Waals surface area contributed by atoms with E-state index in [-0.39, 0.29) is 29.2 Å². The molecule has 0 amide bonds. The predicted molar refractivity (Wildman–Crippen MR) is 123 cm³/mol. The van der Waals surface area contributed by atoms with Crippen LogP contribution < -0.4 is 4.74 Å². The molecule has 0 unspecified atom stereocenters. The van der Waals surface area contributed by atoms with Gasteiger partial charge in [0, 0.05) is 17.5 Å². The summed E-state index contributed by atoms with van der Waals surface area (Å²) in [6.45, 7) is 1.76. The van der Waals surface area contributed by atoms with E-state index in [2.05, 4.69) is 6.07 Å². The highest BCUT2D eigenvalue weighted by atomic mass is 32.2. The number of fused-ring (bicyclic) bond motifs is 5. The van der Waals surface area contributed by atoms with Crippen molar-refractivity contribution in [2.24, 2.45) is 0 Å². The number of carbonyl (C=O) groups is 1. The Morgan fingerprint density at radius 2 is 1.72 bits per heavy atom. The average molecular weight is 448 g/mol. The molecule has 3 aromatic carbocycles. The predicted octanol–water partition coefficient (Wildman–Crippen LogP) is 4.34. The van der Waals surface area contributed by atoms with Crippen molar-refractivity contribution in [3.05, 3.63) is 94.5 Å². The summed E-state index contributed by atoms with van der Waals surface area (Å²) in [5.41, 5.74) is 4.67. The van der Waals surface area contributed by atoms with E-state index in [0.29, 0.717) is 12.0 Å². The standard InChI is InChI=1S/C26H25NO4S/c1-17-7-12-20(13-8-17)32(29,30)27-16-25(28)21-5-3-4-6-22(21)26-23-15-19(31-2)11-9-18(23)10-14-24(26)27/h3-9,11-13,15,24,26H,10,14,16H2,1-2H3/t24-,26-/m1/s1. The van der Waals surface area contributed by atoms with E-state index >= 15 is 0 Å². The zero-order valence-electron chi connectivity index (χ0n) is 18.1. The van der Waals surface area contributed by atoms with E-state index in [0.717, 1.165) is 28.9 Å². The van der Waals surface area contributed by atoms with Gasteiger partial charge in [-0.05, 0) is 60.7 Å². The molecule has 0 saturated heterocycles. The number of methoxy groups -OCH3 is 1. The largest absolute Gasteiger partial charge is 0.497 e. The highest BCUT2D eigenvalue weighted by Crippen LogP contribution is 2.45. The second kappa shape index (κ2) is 7.87. The first-order valence-corrected chi connectivity index (χ1v) is 12.2. The van der Waals surface area contributed by atoms with Crippen molar-refractivity contribution >= 4 is 15.8 Å². The van der Waals surface area contributed by atoms with Crippen LogP contribution in [0.3, 0.4) is 0 Å². The lowest BCUT2D eigenvalue weighted by Crippen LogP contribution is -2.46. The molecule has 2 aliphatic rings. The number of benzene rings is 3.